The summed E-state index contributed by atoms with van der Waals surface area (Å²) < 4.78 is 0. The molecule has 0 spiro atoms. The van der Waals surface area contributed by atoms with Crippen LogP contribution in [0.1, 0.15) is 40.0 Å². The summed E-state index contributed by atoms with van der Waals surface area (Å²) in [4.78, 5) is 2.57. The summed E-state index contributed by atoms with van der Waals surface area (Å²) in [5.41, 5.74) is 5.89. The normalized spacial score (nSPS) is 22.1. The van der Waals surface area contributed by atoms with Crippen LogP contribution in [0.3, 0.4) is 0 Å². The van der Waals surface area contributed by atoms with Crippen molar-refractivity contribution in [2.24, 2.45) is 17.6 Å². The molecule has 0 heterocycles. The Hall–Kier alpha value is -0.0800. The summed E-state index contributed by atoms with van der Waals surface area (Å²) in [5, 5.41) is 0. The molecule has 1 aliphatic rings. The van der Waals surface area contributed by atoms with Gasteiger partial charge in [-0.15, -0.1) is 0 Å². The summed E-state index contributed by atoms with van der Waals surface area (Å²) in [6.07, 6.45) is 4.34. The van der Waals surface area contributed by atoms with Crippen molar-refractivity contribution < 1.29 is 0 Å². The molecular weight excluding hydrogens is 172 g/mol. The van der Waals surface area contributed by atoms with Crippen LogP contribution < -0.4 is 5.73 Å². The molecule has 1 rings (SSSR count). The fourth-order valence-corrected chi connectivity index (χ4v) is 1.95. The van der Waals surface area contributed by atoms with E-state index in [0.29, 0.717) is 12.0 Å². The van der Waals surface area contributed by atoms with Gasteiger partial charge in [0.2, 0.25) is 0 Å². The lowest BCUT2D eigenvalue weighted by atomic mass is 9.85. The lowest BCUT2D eigenvalue weighted by Gasteiger charge is -2.33. The summed E-state index contributed by atoms with van der Waals surface area (Å²) in [7, 11) is 0. The average Bonchev–Trinajstić information content (AvgIpc) is 2.08. The predicted molar refractivity (Wildman–Crippen MR) is 62.3 cm³/mol. The monoisotopic (exact) mass is 198 g/mol. The van der Waals surface area contributed by atoms with E-state index in [1.807, 2.05) is 0 Å². The first kappa shape index (κ1) is 12.0. The Balaban J connectivity index is 2.22. The number of hydrogen-bond donors (Lipinski definition) is 1. The lowest BCUT2D eigenvalue weighted by Crippen LogP contribution is -2.39. The van der Waals surface area contributed by atoms with Crippen LogP contribution >= 0.6 is 0 Å². The molecule has 84 valence electrons. The molecule has 2 nitrogen and oxygen atoms in total. The molecule has 0 radical (unpaired) electrons. The van der Waals surface area contributed by atoms with E-state index in [9.17, 15) is 0 Å². The van der Waals surface area contributed by atoms with E-state index in [1.54, 1.807) is 0 Å². The third-order valence-electron chi connectivity index (χ3n) is 3.63. The van der Waals surface area contributed by atoms with Gasteiger partial charge in [-0.1, -0.05) is 20.3 Å². The van der Waals surface area contributed by atoms with Gasteiger partial charge in [0.05, 0.1) is 0 Å². The van der Waals surface area contributed by atoms with Gasteiger partial charge in [-0.2, -0.15) is 0 Å². The van der Waals surface area contributed by atoms with Crippen molar-refractivity contribution in [1.29, 1.82) is 0 Å². The van der Waals surface area contributed by atoms with Gasteiger partial charge in [-0.05, 0) is 38.1 Å². The zero-order chi connectivity index (χ0) is 10.6. The highest BCUT2D eigenvalue weighted by Crippen LogP contribution is 2.27. The Bertz CT molecular complexity index is 152. The number of nitrogens with zero attached hydrogens (tertiary/aromatic N) is 1. The molecule has 0 aromatic heterocycles. The van der Waals surface area contributed by atoms with Crippen LogP contribution in [0.4, 0.5) is 0 Å². The minimum absolute atomic E-state index is 0.324. The predicted octanol–water partition coefficient (Wildman–Crippen LogP) is 2.09. The molecule has 2 unspecified atom stereocenters. The maximum Gasteiger partial charge on any atom is 0.00483 e. The molecule has 0 bridgehead atoms. The Labute approximate surface area is 88.8 Å². The van der Waals surface area contributed by atoms with Crippen molar-refractivity contribution >= 4 is 0 Å². The van der Waals surface area contributed by atoms with Gasteiger partial charge in [-0.25, -0.2) is 0 Å². The van der Waals surface area contributed by atoms with Crippen molar-refractivity contribution in [2.75, 3.05) is 19.6 Å². The maximum atomic E-state index is 5.89. The van der Waals surface area contributed by atoms with Gasteiger partial charge in [0, 0.05) is 19.1 Å². The zero-order valence-electron chi connectivity index (χ0n) is 10.00. The Morgan fingerprint density at radius 2 is 2.00 bits per heavy atom. The molecule has 1 aliphatic carbocycles. The zero-order valence-corrected chi connectivity index (χ0v) is 10.00. The highest BCUT2D eigenvalue weighted by Gasteiger charge is 2.21. The Morgan fingerprint density at radius 3 is 2.36 bits per heavy atom. The van der Waals surface area contributed by atoms with E-state index in [-0.39, 0.29) is 0 Å². The van der Waals surface area contributed by atoms with Crippen molar-refractivity contribution in [2.45, 2.75) is 46.1 Å². The quantitative estimate of drug-likeness (QED) is 0.708. The molecule has 0 amide bonds. The van der Waals surface area contributed by atoms with Crippen LogP contribution in [0.2, 0.25) is 0 Å². The highest BCUT2D eigenvalue weighted by atomic mass is 15.1. The number of rotatable bonds is 6. The molecule has 0 saturated heterocycles. The van der Waals surface area contributed by atoms with E-state index in [1.165, 1.54) is 38.9 Å². The fourth-order valence-electron chi connectivity index (χ4n) is 1.95. The van der Waals surface area contributed by atoms with Crippen LogP contribution in [0.25, 0.3) is 0 Å². The second-order valence-corrected chi connectivity index (χ2v) is 4.99. The molecule has 0 aromatic rings. The molecular formula is C12H26N2. The lowest BCUT2D eigenvalue weighted by molar-refractivity contribution is 0.161. The first-order valence-corrected chi connectivity index (χ1v) is 6.11. The fraction of sp³-hybridized carbons (Fsp3) is 1.00. The highest BCUT2D eigenvalue weighted by molar-refractivity contribution is 4.75. The van der Waals surface area contributed by atoms with Crippen LogP contribution in [0, 0.1) is 11.8 Å². The van der Waals surface area contributed by atoms with Gasteiger partial charge in [0.15, 0.2) is 0 Å². The van der Waals surface area contributed by atoms with Gasteiger partial charge >= 0.3 is 0 Å². The molecule has 2 N–H and O–H groups in total. The van der Waals surface area contributed by atoms with Crippen LogP contribution in [-0.4, -0.2) is 30.6 Å². The molecule has 0 aromatic carbocycles. The van der Waals surface area contributed by atoms with Gasteiger partial charge < -0.3 is 10.6 Å². The maximum absolute atomic E-state index is 5.89. The van der Waals surface area contributed by atoms with E-state index in [2.05, 4.69) is 25.7 Å². The largest absolute Gasteiger partial charge is 0.328 e. The van der Waals surface area contributed by atoms with Gasteiger partial charge in [-0.3, -0.25) is 0 Å². The summed E-state index contributed by atoms with van der Waals surface area (Å²) in [5.74, 6) is 1.60. The van der Waals surface area contributed by atoms with E-state index < -0.39 is 0 Å². The minimum atomic E-state index is 0.324. The Kier molecular flexibility index (Phi) is 4.90. The second-order valence-electron chi connectivity index (χ2n) is 4.99. The molecule has 14 heavy (non-hydrogen) atoms. The third kappa shape index (κ3) is 3.58. The number of hydrogen-bond acceptors (Lipinski definition) is 2. The van der Waals surface area contributed by atoms with Gasteiger partial charge in [0.1, 0.15) is 0 Å². The molecule has 1 saturated carbocycles. The standard InChI is InChI=1S/C12H26N2/c1-4-14(8-10(2)11(3)13)9-12-6-5-7-12/h10-12H,4-9,13H2,1-3H3. The third-order valence-corrected chi connectivity index (χ3v) is 3.63. The molecule has 2 atom stereocenters. The summed E-state index contributed by atoms with van der Waals surface area (Å²) in [6, 6.07) is 0.324. The average molecular weight is 198 g/mol. The van der Waals surface area contributed by atoms with Gasteiger partial charge in [0.25, 0.3) is 0 Å². The first-order chi connectivity index (χ1) is 6.63. The first-order valence-electron chi connectivity index (χ1n) is 6.11. The molecule has 2 heteroatoms. The van der Waals surface area contributed by atoms with Crippen LogP contribution in [0.15, 0.2) is 0 Å². The van der Waals surface area contributed by atoms with E-state index in [4.69, 9.17) is 5.73 Å². The van der Waals surface area contributed by atoms with Crippen molar-refractivity contribution in [3.05, 3.63) is 0 Å². The molecule has 0 aliphatic heterocycles. The Morgan fingerprint density at radius 1 is 1.36 bits per heavy atom. The van der Waals surface area contributed by atoms with E-state index >= 15 is 0 Å². The van der Waals surface area contributed by atoms with Crippen LogP contribution in [0.5, 0.6) is 0 Å². The van der Waals surface area contributed by atoms with Crippen molar-refractivity contribution in [3.8, 4) is 0 Å². The summed E-state index contributed by atoms with van der Waals surface area (Å²) in [6.45, 7) is 10.3. The topological polar surface area (TPSA) is 29.3 Å². The minimum Gasteiger partial charge on any atom is -0.328 e. The smallest absolute Gasteiger partial charge is 0.00483 e. The van der Waals surface area contributed by atoms with Crippen LogP contribution in [-0.2, 0) is 0 Å². The SMILES string of the molecule is CCN(CC1CCC1)CC(C)C(C)N. The second kappa shape index (κ2) is 5.72. The van der Waals surface area contributed by atoms with Crippen molar-refractivity contribution in [1.82, 2.24) is 4.90 Å². The molecule has 1 fully saturated rings. The van der Waals surface area contributed by atoms with E-state index in [0.717, 1.165) is 5.92 Å². The van der Waals surface area contributed by atoms with Crippen molar-refractivity contribution in [3.63, 3.8) is 0 Å². The number of nitrogens with two attached hydrogens (primary N) is 1. The summed E-state index contributed by atoms with van der Waals surface area (Å²) >= 11 is 0.